The number of ether oxygens (including phenoxy) is 3. The minimum absolute atomic E-state index is 0.0647. The van der Waals surface area contributed by atoms with Crippen molar-refractivity contribution in [3.63, 3.8) is 0 Å². The summed E-state index contributed by atoms with van der Waals surface area (Å²) in [5, 5.41) is 0. The second kappa shape index (κ2) is 9.55. The van der Waals surface area contributed by atoms with Gasteiger partial charge in [0.2, 0.25) is 17.6 Å². The molecule has 0 radical (unpaired) electrons. The smallest absolute Gasteiger partial charge is 0.228 e. The molecule has 2 aliphatic heterocycles. The maximum absolute atomic E-state index is 13.1. The molecular weight excluding hydrogens is 386 g/mol. The maximum Gasteiger partial charge on any atom is 0.228 e. The quantitative estimate of drug-likeness (QED) is 0.672. The monoisotopic (exact) mass is 419 g/mol. The number of hydrogen-bond acceptors (Lipinski definition) is 6. The molecular formula is C22H33N3O5. The first-order valence-corrected chi connectivity index (χ1v) is 10.4. The van der Waals surface area contributed by atoms with Gasteiger partial charge in [0.1, 0.15) is 0 Å². The highest BCUT2D eigenvalue weighted by atomic mass is 16.5. The van der Waals surface area contributed by atoms with Gasteiger partial charge in [0.25, 0.3) is 0 Å². The molecule has 166 valence electrons. The first kappa shape index (κ1) is 22.2. The molecule has 8 nitrogen and oxygen atoms in total. The lowest BCUT2D eigenvalue weighted by Gasteiger charge is -2.34. The summed E-state index contributed by atoms with van der Waals surface area (Å²) in [6.07, 6.45) is 2.26. The van der Waals surface area contributed by atoms with E-state index in [1.54, 1.807) is 31.3 Å². The number of amides is 2. The topological polar surface area (TPSA) is 71.6 Å². The van der Waals surface area contributed by atoms with Crippen LogP contribution in [0.3, 0.4) is 0 Å². The third-order valence-corrected chi connectivity index (χ3v) is 5.98. The molecule has 30 heavy (non-hydrogen) atoms. The van der Waals surface area contributed by atoms with Crippen LogP contribution in [0.15, 0.2) is 12.1 Å². The molecule has 0 saturated carbocycles. The van der Waals surface area contributed by atoms with Crippen molar-refractivity contribution in [1.29, 1.82) is 0 Å². The van der Waals surface area contributed by atoms with Crippen molar-refractivity contribution < 1.29 is 23.8 Å². The SMILES string of the molecule is COc1cc(N2C[C@@H](C(=O)N3CCC(CN(C)C)CC3)CC2=O)cc(OC)c1OC. The van der Waals surface area contributed by atoms with Gasteiger partial charge >= 0.3 is 0 Å². The van der Waals surface area contributed by atoms with Crippen molar-refractivity contribution in [1.82, 2.24) is 9.80 Å². The largest absolute Gasteiger partial charge is 0.493 e. The van der Waals surface area contributed by atoms with E-state index < -0.39 is 0 Å². The van der Waals surface area contributed by atoms with Crippen LogP contribution >= 0.6 is 0 Å². The van der Waals surface area contributed by atoms with Crippen molar-refractivity contribution in [3.05, 3.63) is 12.1 Å². The van der Waals surface area contributed by atoms with E-state index in [4.69, 9.17) is 14.2 Å². The van der Waals surface area contributed by atoms with E-state index in [0.29, 0.717) is 35.4 Å². The molecule has 0 aliphatic carbocycles. The molecule has 0 aromatic heterocycles. The van der Waals surface area contributed by atoms with E-state index in [0.717, 1.165) is 32.5 Å². The van der Waals surface area contributed by atoms with Crippen LogP contribution in [-0.2, 0) is 9.59 Å². The van der Waals surface area contributed by atoms with Crippen molar-refractivity contribution in [2.75, 3.05) is 66.5 Å². The molecule has 0 unspecified atom stereocenters. The summed E-state index contributed by atoms with van der Waals surface area (Å²) in [4.78, 5) is 31.6. The van der Waals surface area contributed by atoms with Crippen LogP contribution in [0.4, 0.5) is 5.69 Å². The van der Waals surface area contributed by atoms with Crippen LogP contribution < -0.4 is 19.1 Å². The van der Waals surface area contributed by atoms with E-state index in [1.807, 2.05) is 4.90 Å². The van der Waals surface area contributed by atoms with Crippen molar-refractivity contribution in [2.24, 2.45) is 11.8 Å². The molecule has 8 heteroatoms. The number of piperidine rings is 1. The molecule has 1 aromatic carbocycles. The fourth-order valence-corrected chi connectivity index (χ4v) is 4.46. The summed E-state index contributed by atoms with van der Waals surface area (Å²) in [7, 11) is 8.79. The average Bonchev–Trinajstić information content (AvgIpc) is 3.13. The second-order valence-corrected chi connectivity index (χ2v) is 8.32. The van der Waals surface area contributed by atoms with E-state index in [1.165, 1.54) is 7.11 Å². The highest BCUT2D eigenvalue weighted by Crippen LogP contribution is 2.42. The molecule has 1 atom stereocenters. The lowest BCUT2D eigenvalue weighted by molar-refractivity contribution is -0.137. The van der Waals surface area contributed by atoms with Gasteiger partial charge in [0.05, 0.1) is 32.9 Å². The van der Waals surface area contributed by atoms with E-state index in [9.17, 15) is 9.59 Å². The molecule has 2 heterocycles. The normalized spacial score (nSPS) is 20.1. The Bertz CT molecular complexity index is 749. The predicted molar refractivity (Wildman–Crippen MR) is 114 cm³/mol. The summed E-state index contributed by atoms with van der Waals surface area (Å²) in [6, 6.07) is 3.50. The Morgan fingerprint density at radius 2 is 1.67 bits per heavy atom. The summed E-state index contributed by atoms with van der Waals surface area (Å²) in [5.74, 6) is 1.78. The Morgan fingerprint density at radius 1 is 1.07 bits per heavy atom. The Kier molecular flexibility index (Phi) is 7.07. The predicted octanol–water partition coefficient (Wildman–Crippen LogP) is 1.87. The summed E-state index contributed by atoms with van der Waals surface area (Å²) in [6.45, 7) is 2.96. The van der Waals surface area contributed by atoms with E-state index in [2.05, 4.69) is 19.0 Å². The third-order valence-electron chi connectivity index (χ3n) is 5.98. The first-order chi connectivity index (χ1) is 14.4. The summed E-state index contributed by atoms with van der Waals surface area (Å²) < 4.78 is 16.2. The number of hydrogen-bond donors (Lipinski definition) is 0. The van der Waals surface area contributed by atoms with E-state index >= 15 is 0 Å². The van der Waals surface area contributed by atoms with Crippen molar-refractivity contribution >= 4 is 17.5 Å². The maximum atomic E-state index is 13.1. The molecule has 2 aliphatic rings. The number of carbonyl (C=O) groups is 2. The molecule has 0 bridgehead atoms. The number of anilines is 1. The van der Waals surface area contributed by atoms with Gasteiger partial charge in [-0.15, -0.1) is 0 Å². The van der Waals surface area contributed by atoms with E-state index in [-0.39, 0.29) is 24.2 Å². The first-order valence-electron chi connectivity index (χ1n) is 10.4. The van der Waals surface area contributed by atoms with Gasteiger partial charge in [0.15, 0.2) is 11.5 Å². The fraction of sp³-hybridized carbons (Fsp3) is 0.636. The highest BCUT2D eigenvalue weighted by molar-refractivity contribution is 6.00. The molecule has 1 aromatic rings. The van der Waals surface area contributed by atoms with Gasteiger partial charge in [-0.25, -0.2) is 0 Å². The van der Waals surface area contributed by atoms with Crippen LogP contribution in [0.2, 0.25) is 0 Å². The Labute approximate surface area is 178 Å². The number of rotatable bonds is 7. The number of carbonyl (C=O) groups excluding carboxylic acids is 2. The lowest BCUT2D eigenvalue weighted by atomic mass is 9.95. The van der Waals surface area contributed by atoms with Gasteiger partial charge in [0, 0.05) is 44.7 Å². The Balaban J connectivity index is 1.69. The van der Waals surface area contributed by atoms with Crippen LogP contribution in [0.1, 0.15) is 19.3 Å². The van der Waals surface area contributed by atoms with Gasteiger partial charge in [-0.1, -0.05) is 0 Å². The average molecular weight is 420 g/mol. The zero-order valence-corrected chi connectivity index (χ0v) is 18.6. The zero-order valence-electron chi connectivity index (χ0n) is 18.6. The summed E-state index contributed by atoms with van der Waals surface area (Å²) in [5.41, 5.74) is 0.648. The third kappa shape index (κ3) is 4.64. The van der Waals surface area contributed by atoms with Crippen LogP contribution in [0.5, 0.6) is 17.2 Å². The Hall–Kier alpha value is -2.48. The number of benzene rings is 1. The van der Waals surface area contributed by atoms with Gasteiger partial charge in [-0.3, -0.25) is 9.59 Å². The summed E-state index contributed by atoms with van der Waals surface area (Å²) >= 11 is 0. The second-order valence-electron chi connectivity index (χ2n) is 8.32. The minimum Gasteiger partial charge on any atom is -0.493 e. The molecule has 3 rings (SSSR count). The van der Waals surface area contributed by atoms with Gasteiger partial charge in [-0.05, 0) is 32.9 Å². The molecule has 2 saturated heterocycles. The zero-order chi connectivity index (χ0) is 21.8. The Morgan fingerprint density at radius 3 is 2.17 bits per heavy atom. The van der Waals surface area contributed by atoms with Crippen molar-refractivity contribution in [2.45, 2.75) is 19.3 Å². The van der Waals surface area contributed by atoms with Crippen molar-refractivity contribution in [3.8, 4) is 17.2 Å². The fourth-order valence-electron chi connectivity index (χ4n) is 4.46. The standard InChI is InChI=1S/C22H33N3O5/c1-23(2)13-15-6-8-24(9-7-15)22(27)16-10-20(26)25(14-16)17-11-18(28-3)21(30-5)19(12-17)29-4/h11-12,15-16H,6-10,13-14H2,1-5H3/t16-/m0/s1. The highest BCUT2D eigenvalue weighted by Gasteiger charge is 2.38. The molecule has 2 fully saturated rings. The minimum atomic E-state index is -0.318. The van der Waals surface area contributed by atoms with Crippen LogP contribution in [0, 0.1) is 11.8 Å². The van der Waals surface area contributed by atoms with Crippen LogP contribution in [-0.4, -0.2) is 83.2 Å². The lowest BCUT2D eigenvalue weighted by Crippen LogP contribution is -2.43. The van der Waals surface area contributed by atoms with Gasteiger partial charge < -0.3 is 28.9 Å². The molecule has 0 N–H and O–H groups in total. The van der Waals surface area contributed by atoms with Crippen LogP contribution in [0.25, 0.3) is 0 Å². The molecule has 0 spiro atoms. The number of nitrogens with zero attached hydrogens (tertiary/aromatic N) is 3. The molecule has 2 amide bonds. The van der Waals surface area contributed by atoms with Gasteiger partial charge in [-0.2, -0.15) is 0 Å². The number of methoxy groups -OCH3 is 3. The number of likely N-dealkylation sites (tertiary alicyclic amines) is 1.